The maximum atomic E-state index is 12.8. The second-order valence-electron chi connectivity index (χ2n) is 8.77. The molecule has 5 nitrogen and oxygen atoms in total. The molecule has 0 fully saturated rings. The predicted octanol–water partition coefficient (Wildman–Crippen LogP) is 7.46. The number of hydrogen-bond donors (Lipinski definition) is 2. The van der Waals surface area contributed by atoms with Crippen molar-refractivity contribution in [2.24, 2.45) is 5.10 Å². The number of hydrogen-bond acceptors (Lipinski definition) is 5. The zero-order valence-electron chi connectivity index (χ0n) is 19.2. The van der Waals surface area contributed by atoms with E-state index in [1.807, 2.05) is 42.5 Å². The van der Waals surface area contributed by atoms with Crippen molar-refractivity contribution in [1.82, 2.24) is 4.98 Å². The van der Waals surface area contributed by atoms with Crippen molar-refractivity contribution in [3.05, 3.63) is 101 Å². The molecule has 7 heteroatoms. The lowest BCUT2D eigenvalue weighted by Gasteiger charge is -2.18. The molecule has 4 rings (SSSR count). The molecule has 0 radical (unpaired) electrons. The Balaban J connectivity index is 1.54. The van der Waals surface area contributed by atoms with Crippen molar-refractivity contribution in [2.75, 3.05) is 10.7 Å². The number of benzene rings is 3. The molecule has 0 saturated heterocycles. The summed E-state index contributed by atoms with van der Waals surface area (Å²) in [5.74, 6) is -0.230. The van der Waals surface area contributed by atoms with Crippen molar-refractivity contribution in [2.45, 2.75) is 26.2 Å². The maximum Gasteiger partial charge on any atom is 0.256 e. The molecule has 3 aromatic carbocycles. The molecule has 0 aliphatic carbocycles. The molecule has 0 atom stereocenters. The second-order valence-corrected chi connectivity index (χ2v) is 10.2. The Hall–Kier alpha value is -3.48. The highest BCUT2D eigenvalue weighted by Crippen LogP contribution is 2.36. The molecule has 0 aliphatic rings. The number of anilines is 2. The van der Waals surface area contributed by atoms with Crippen molar-refractivity contribution < 1.29 is 4.79 Å². The second kappa shape index (κ2) is 10.2. The van der Waals surface area contributed by atoms with Crippen LogP contribution in [0, 0.1) is 0 Å². The fourth-order valence-corrected chi connectivity index (χ4v) is 4.21. The van der Waals surface area contributed by atoms with Gasteiger partial charge in [-0.3, -0.25) is 10.2 Å². The maximum absolute atomic E-state index is 12.8. The van der Waals surface area contributed by atoms with Gasteiger partial charge in [-0.15, -0.1) is 0 Å². The van der Waals surface area contributed by atoms with E-state index in [1.54, 1.807) is 30.5 Å². The summed E-state index contributed by atoms with van der Waals surface area (Å²) in [5, 5.41) is 9.11. The summed E-state index contributed by atoms with van der Waals surface area (Å²) in [6.45, 7) is 6.56. The fraction of sp³-hybridized carbons (Fsp3) is 0.148. The van der Waals surface area contributed by atoms with E-state index in [4.69, 9.17) is 11.6 Å². The van der Waals surface area contributed by atoms with Crippen LogP contribution >= 0.6 is 22.9 Å². The number of halogens is 1. The zero-order chi connectivity index (χ0) is 24.1. The van der Waals surface area contributed by atoms with Crippen LogP contribution in [0.2, 0.25) is 5.02 Å². The van der Waals surface area contributed by atoms with E-state index in [0.29, 0.717) is 26.4 Å². The van der Waals surface area contributed by atoms with Crippen LogP contribution in [0.4, 0.5) is 10.1 Å². The van der Waals surface area contributed by atoms with Gasteiger partial charge in [-0.05, 0) is 40.8 Å². The number of nitrogens with one attached hydrogen (secondary N) is 2. The monoisotopic (exact) mass is 488 g/mol. The molecule has 1 aromatic heterocycles. The summed E-state index contributed by atoms with van der Waals surface area (Å²) >= 11 is 7.27. The largest absolute Gasteiger partial charge is 0.312 e. The Labute approximate surface area is 208 Å². The summed E-state index contributed by atoms with van der Waals surface area (Å²) < 4.78 is 0. The zero-order valence-corrected chi connectivity index (χ0v) is 20.7. The average molecular weight is 489 g/mol. The first-order valence-electron chi connectivity index (χ1n) is 10.8. The summed E-state index contributed by atoms with van der Waals surface area (Å²) in [7, 11) is 0. The van der Waals surface area contributed by atoms with Gasteiger partial charge in [-0.2, -0.15) is 5.10 Å². The van der Waals surface area contributed by atoms with Gasteiger partial charge in [0.05, 0.1) is 6.21 Å². The number of nitrogens with zero attached hydrogens (tertiary/aromatic N) is 2. The van der Waals surface area contributed by atoms with Gasteiger partial charge in [-0.25, -0.2) is 4.98 Å². The molecule has 0 aliphatic heterocycles. The molecule has 0 spiro atoms. The molecule has 2 N–H and O–H groups in total. The number of carbonyl (C=O) groups is 1. The van der Waals surface area contributed by atoms with Crippen LogP contribution in [0.1, 0.15) is 42.3 Å². The molecule has 1 amide bonds. The van der Waals surface area contributed by atoms with Crippen molar-refractivity contribution in [1.29, 1.82) is 0 Å². The molecule has 0 bridgehead atoms. The molecule has 1 heterocycles. The Morgan fingerprint density at radius 3 is 2.29 bits per heavy atom. The lowest BCUT2D eigenvalue weighted by Crippen LogP contribution is -2.11. The Kier molecular flexibility index (Phi) is 7.10. The third-order valence-electron chi connectivity index (χ3n) is 5.16. The van der Waals surface area contributed by atoms with Gasteiger partial charge >= 0.3 is 0 Å². The minimum atomic E-state index is -0.230. The topological polar surface area (TPSA) is 66.4 Å². The van der Waals surface area contributed by atoms with Crippen molar-refractivity contribution in [3.8, 4) is 11.3 Å². The molecule has 0 unspecified atom stereocenters. The van der Waals surface area contributed by atoms with Gasteiger partial charge in [0.2, 0.25) is 5.13 Å². The van der Waals surface area contributed by atoms with Crippen LogP contribution in [0.25, 0.3) is 11.3 Å². The predicted molar refractivity (Wildman–Crippen MR) is 143 cm³/mol. The Morgan fingerprint density at radius 1 is 0.971 bits per heavy atom. The van der Waals surface area contributed by atoms with E-state index in [-0.39, 0.29) is 11.3 Å². The van der Waals surface area contributed by atoms with Gasteiger partial charge in [0.15, 0.2) is 0 Å². The van der Waals surface area contributed by atoms with Crippen LogP contribution in [0.5, 0.6) is 0 Å². The standard InChI is InChI=1S/C27H25ClN4OS/c1-27(2,3)21-13-9-18(10-14-21)17-29-32-26-30-23(19-7-5-4-6-8-19)25(34-26)31-24(33)20-11-15-22(28)16-12-20/h4-17H,1-3H3,(H,30,32)(H,31,33)/b29-17+. The fourth-order valence-electron chi connectivity index (χ4n) is 3.25. The van der Waals surface area contributed by atoms with E-state index in [2.05, 4.69) is 53.7 Å². The molecular weight excluding hydrogens is 464 g/mol. The van der Waals surface area contributed by atoms with Gasteiger partial charge in [0.25, 0.3) is 5.91 Å². The number of thiazole rings is 1. The number of aromatic nitrogens is 1. The van der Waals surface area contributed by atoms with E-state index in [9.17, 15) is 4.79 Å². The van der Waals surface area contributed by atoms with Gasteiger partial charge in [-0.1, -0.05) is 98.3 Å². The lowest BCUT2D eigenvalue weighted by atomic mass is 9.87. The molecule has 0 saturated carbocycles. The van der Waals surface area contributed by atoms with Crippen LogP contribution in [-0.2, 0) is 5.41 Å². The first kappa shape index (κ1) is 23.7. The van der Waals surface area contributed by atoms with Crippen molar-refractivity contribution in [3.63, 3.8) is 0 Å². The summed E-state index contributed by atoms with van der Waals surface area (Å²) in [5.41, 5.74) is 7.46. The minimum Gasteiger partial charge on any atom is -0.312 e. The van der Waals surface area contributed by atoms with Crippen LogP contribution in [-0.4, -0.2) is 17.1 Å². The number of hydrazone groups is 1. The SMILES string of the molecule is CC(C)(C)c1ccc(/C=N/Nc2nc(-c3ccccc3)c(NC(=O)c3ccc(Cl)cc3)s2)cc1. The van der Waals surface area contributed by atoms with Gasteiger partial charge in [0, 0.05) is 16.1 Å². The highest BCUT2D eigenvalue weighted by atomic mass is 35.5. The molecular formula is C27H25ClN4OS. The Morgan fingerprint density at radius 2 is 1.65 bits per heavy atom. The van der Waals surface area contributed by atoms with E-state index in [1.165, 1.54) is 16.9 Å². The molecule has 172 valence electrons. The highest BCUT2D eigenvalue weighted by Gasteiger charge is 2.17. The molecule has 34 heavy (non-hydrogen) atoms. The van der Waals surface area contributed by atoms with Crippen LogP contribution in [0.3, 0.4) is 0 Å². The Bertz CT molecular complexity index is 1290. The van der Waals surface area contributed by atoms with E-state index in [0.717, 1.165) is 11.1 Å². The number of amides is 1. The first-order chi connectivity index (χ1) is 16.3. The lowest BCUT2D eigenvalue weighted by molar-refractivity contribution is 0.102. The smallest absolute Gasteiger partial charge is 0.256 e. The summed E-state index contributed by atoms with van der Waals surface area (Å²) in [4.78, 5) is 17.5. The average Bonchev–Trinajstić information content (AvgIpc) is 3.22. The number of rotatable bonds is 6. The third-order valence-corrected chi connectivity index (χ3v) is 6.29. The number of carbonyl (C=O) groups excluding carboxylic acids is 1. The van der Waals surface area contributed by atoms with E-state index < -0.39 is 0 Å². The van der Waals surface area contributed by atoms with E-state index >= 15 is 0 Å². The summed E-state index contributed by atoms with van der Waals surface area (Å²) in [6.07, 6.45) is 1.75. The summed E-state index contributed by atoms with van der Waals surface area (Å²) in [6, 6.07) is 24.8. The minimum absolute atomic E-state index is 0.107. The van der Waals surface area contributed by atoms with Gasteiger partial charge in [0.1, 0.15) is 10.7 Å². The third kappa shape index (κ3) is 5.90. The van der Waals surface area contributed by atoms with Crippen LogP contribution < -0.4 is 10.7 Å². The highest BCUT2D eigenvalue weighted by molar-refractivity contribution is 7.20. The normalized spacial score (nSPS) is 11.5. The first-order valence-corrected chi connectivity index (χ1v) is 12.0. The molecule has 4 aromatic rings. The van der Waals surface area contributed by atoms with Crippen LogP contribution in [0.15, 0.2) is 84.0 Å². The van der Waals surface area contributed by atoms with Crippen molar-refractivity contribution >= 4 is 45.2 Å². The quantitative estimate of drug-likeness (QED) is 0.218. The van der Waals surface area contributed by atoms with Gasteiger partial charge < -0.3 is 5.32 Å².